The van der Waals surface area contributed by atoms with Crippen LogP contribution in [0.2, 0.25) is 0 Å². The van der Waals surface area contributed by atoms with Gasteiger partial charge in [0.1, 0.15) is 17.5 Å². The van der Waals surface area contributed by atoms with Crippen molar-refractivity contribution in [1.29, 1.82) is 0 Å². The predicted octanol–water partition coefficient (Wildman–Crippen LogP) is 1.88. The van der Waals surface area contributed by atoms with E-state index in [1.807, 2.05) is 30.3 Å². The highest BCUT2D eigenvalue weighted by Crippen LogP contribution is 2.55. The van der Waals surface area contributed by atoms with Crippen molar-refractivity contribution in [3.05, 3.63) is 78.1 Å². The molecule has 0 radical (unpaired) electrons. The first-order valence-corrected chi connectivity index (χ1v) is 11.5. The van der Waals surface area contributed by atoms with Crippen LogP contribution in [0.15, 0.2) is 66.7 Å². The van der Waals surface area contributed by atoms with E-state index in [1.165, 1.54) is 30.2 Å². The molecule has 3 amide bonds. The molecule has 0 aliphatic carbocycles. The zero-order chi connectivity index (χ0) is 24.6. The number of rotatable bonds is 8. The lowest BCUT2D eigenvalue weighted by Crippen LogP contribution is -2.55. The van der Waals surface area contributed by atoms with Crippen LogP contribution < -0.4 is 10.6 Å². The summed E-state index contributed by atoms with van der Waals surface area (Å²) < 4.78 is 25.6. The molecule has 2 fully saturated rings. The lowest BCUT2D eigenvalue weighted by Gasteiger charge is -2.32. The van der Waals surface area contributed by atoms with Gasteiger partial charge in [-0.2, -0.15) is 0 Å². The van der Waals surface area contributed by atoms with Crippen LogP contribution >= 0.6 is 0 Å². The Hall–Kier alpha value is -3.56. The van der Waals surface area contributed by atoms with Gasteiger partial charge in [-0.3, -0.25) is 14.4 Å². The highest BCUT2D eigenvalue weighted by atomic mass is 19.1. The van der Waals surface area contributed by atoms with E-state index in [9.17, 15) is 18.8 Å². The van der Waals surface area contributed by atoms with Crippen LogP contribution in [0.5, 0.6) is 0 Å². The molecule has 182 valence electrons. The molecule has 3 aliphatic rings. The molecule has 2 aromatic rings. The van der Waals surface area contributed by atoms with Crippen molar-refractivity contribution in [2.24, 2.45) is 11.8 Å². The maximum atomic E-state index is 14.2. The summed E-state index contributed by atoms with van der Waals surface area (Å²) in [5.41, 5.74) is -0.345. The Kier molecular flexibility index (Phi) is 6.12. The number of methoxy groups -OCH3 is 1. The fraction of sp³-hybridized carbons (Fsp3) is 0.346. The van der Waals surface area contributed by atoms with E-state index in [0.29, 0.717) is 0 Å². The highest BCUT2D eigenvalue weighted by molar-refractivity contribution is 6.02. The van der Waals surface area contributed by atoms with E-state index in [1.54, 1.807) is 18.2 Å². The number of benzene rings is 2. The third-order valence-corrected chi connectivity index (χ3v) is 6.90. The summed E-state index contributed by atoms with van der Waals surface area (Å²) in [6, 6.07) is 14.3. The topological polar surface area (TPSA) is 97.0 Å². The SMILES string of the molecule is COCCN1C(=O)[C@H]2[C@@H](C(=O)Nc3ccccc3F)[C@H]3C=C[C@]2(O3)[C@H]1C(=O)NCc1ccccc1. The number of likely N-dealkylation sites (tertiary alicyclic amines) is 1. The standard InChI is InChI=1S/C26H26FN3O5/c1-34-14-13-30-22(24(32)28-15-16-7-3-2-4-8-16)26-12-11-19(35-26)20(21(26)25(30)33)23(31)29-18-10-6-5-9-17(18)27/h2-12,19-22H,13-15H2,1H3,(H,28,32)(H,29,31)/t19-,20+,21-,22-,26-/m1/s1. The summed E-state index contributed by atoms with van der Waals surface area (Å²) >= 11 is 0. The van der Waals surface area contributed by atoms with E-state index < -0.39 is 41.3 Å². The van der Waals surface area contributed by atoms with Crippen molar-refractivity contribution in [3.8, 4) is 0 Å². The molecule has 2 saturated heterocycles. The molecule has 35 heavy (non-hydrogen) atoms. The summed E-state index contributed by atoms with van der Waals surface area (Å²) in [4.78, 5) is 41.8. The molecule has 2 bridgehead atoms. The third kappa shape index (κ3) is 3.90. The summed E-state index contributed by atoms with van der Waals surface area (Å²) in [6.45, 7) is 0.671. The van der Waals surface area contributed by atoms with Crippen molar-refractivity contribution >= 4 is 23.4 Å². The maximum absolute atomic E-state index is 14.2. The van der Waals surface area contributed by atoms with Gasteiger partial charge in [0.05, 0.1) is 30.2 Å². The van der Waals surface area contributed by atoms with Crippen LogP contribution in [0.3, 0.4) is 0 Å². The minimum Gasteiger partial charge on any atom is -0.383 e. The summed E-state index contributed by atoms with van der Waals surface area (Å²) in [6.07, 6.45) is 2.75. The van der Waals surface area contributed by atoms with Gasteiger partial charge in [0.15, 0.2) is 0 Å². The molecule has 1 spiro atoms. The third-order valence-electron chi connectivity index (χ3n) is 6.90. The van der Waals surface area contributed by atoms with Crippen molar-refractivity contribution in [1.82, 2.24) is 10.2 Å². The lowest BCUT2D eigenvalue weighted by molar-refractivity contribution is -0.141. The first-order valence-electron chi connectivity index (χ1n) is 11.5. The largest absolute Gasteiger partial charge is 0.383 e. The van der Waals surface area contributed by atoms with Crippen molar-refractivity contribution in [2.75, 3.05) is 25.6 Å². The monoisotopic (exact) mass is 479 g/mol. The number of halogens is 1. The fourth-order valence-electron chi connectivity index (χ4n) is 5.36. The Morgan fingerprint density at radius 1 is 1.11 bits per heavy atom. The van der Waals surface area contributed by atoms with Crippen molar-refractivity contribution in [2.45, 2.75) is 24.3 Å². The van der Waals surface area contributed by atoms with Gasteiger partial charge >= 0.3 is 0 Å². The zero-order valence-corrected chi connectivity index (χ0v) is 19.1. The van der Waals surface area contributed by atoms with Gasteiger partial charge in [0.25, 0.3) is 0 Å². The number of carbonyl (C=O) groups excluding carboxylic acids is 3. The zero-order valence-electron chi connectivity index (χ0n) is 19.1. The molecule has 2 aromatic carbocycles. The van der Waals surface area contributed by atoms with Crippen LogP contribution in [-0.2, 0) is 30.4 Å². The van der Waals surface area contributed by atoms with Gasteiger partial charge in [-0.05, 0) is 17.7 Å². The van der Waals surface area contributed by atoms with Gasteiger partial charge in [-0.15, -0.1) is 0 Å². The summed E-state index contributed by atoms with van der Waals surface area (Å²) in [5.74, 6) is -3.64. The molecule has 5 atom stereocenters. The van der Waals surface area contributed by atoms with E-state index in [-0.39, 0.29) is 37.2 Å². The smallest absolute Gasteiger partial charge is 0.246 e. The Morgan fingerprint density at radius 3 is 2.60 bits per heavy atom. The van der Waals surface area contributed by atoms with Gasteiger partial charge < -0.3 is 25.0 Å². The first kappa shape index (κ1) is 23.2. The molecule has 0 saturated carbocycles. The van der Waals surface area contributed by atoms with Crippen LogP contribution in [-0.4, -0.2) is 60.6 Å². The first-order chi connectivity index (χ1) is 17.0. The van der Waals surface area contributed by atoms with E-state index >= 15 is 0 Å². The average molecular weight is 480 g/mol. The number of hydrogen-bond acceptors (Lipinski definition) is 5. The van der Waals surface area contributed by atoms with Crippen LogP contribution in [0.4, 0.5) is 10.1 Å². The number of fused-ring (bicyclic) bond motifs is 1. The van der Waals surface area contributed by atoms with E-state index in [0.717, 1.165) is 5.56 Å². The Morgan fingerprint density at radius 2 is 1.86 bits per heavy atom. The highest BCUT2D eigenvalue weighted by Gasteiger charge is 2.72. The number of ether oxygens (including phenoxy) is 2. The molecular weight excluding hydrogens is 453 g/mol. The van der Waals surface area contributed by atoms with Crippen LogP contribution in [0, 0.1) is 17.7 Å². The Labute approximate surface area is 202 Å². The Bertz CT molecular complexity index is 1170. The second-order valence-corrected chi connectivity index (χ2v) is 8.90. The van der Waals surface area contributed by atoms with Crippen LogP contribution in [0.1, 0.15) is 5.56 Å². The minimum atomic E-state index is -1.28. The number of amides is 3. The van der Waals surface area contributed by atoms with E-state index in [2.05, 4.69) is 10.6 Å². The second-order valence-electron chi connectivity index (χ2n) is 8.90. The van der Waals surface area contributed by atoms with Gasteiger partial charge in [0, 0.05) is 20.2 Å². The normalized spacial score (nSPS) is 28.3. The van der Waals surface area contributed by atoms with Gasteiger partial charge in [-0.1, -0.05) is 54.6 Å². The average Bonchev–Trinajstić information content (AvgIpc) is 3.50. The van der Waals surface area contributed by atoms with Crippen molar-refractivity contribution < 1.29 is 28.2 Å². The van der Waals surface area contributed by atoms with Crippen LogP contribution in [0.25, 0.3) is 0 Å². The molecular formula is C26H26FN3O5. The number of hydrogen-bond donors (Lipinski definition) is 2. The summed E-state index contributed by atoms with van der Waals surface area (Å²) in [7, 11) is 1.51. The molecule has 3 heterocycles. The van der Waals surface area contributed by atoms with Gasteiger partial charge in [0.2, 0.25) is 17.7 Å². The molecule has 0 unspecified atom stereocenters. The number of anilines is 1. The van der Waals surface area contributed by atoms with Crippen molar-refractivity contribution in [3.63, 3.8) is 0 Å². The quantitative estimate of drug-likeness (QED) is 0.564. The minimum absolute atomic E-state index is 0.0251. The van der Waals surface area contributed by atoms with E-state index in [4.69, 9.17) is 9.47 Å². The fourth-order valence-corrected chi connectivity index (χ4v) is 5.36. The number of nitrogens with zero attached hydrogens (tertiary/aromatic N) is 1. The Balaban J connectivity index is 1.42. The number of para-hydroxylation sites is 1. The molecule has 5 rings (SSSR count). The second kappa shape index (κ2) is 9.24. The molecule has 8 nitrogen and oxygen atoms in total. The molecule has 0 aromatic heterocycles. The molecule has 9 heteroatoms. The maximum Gasteiger partial charge on any atom is 0.246 e. The van der Waals surface area contributed by atoms with Gasteiger partial charge in [-0.25, -0.2) is 4.39 Å². The summed E-state index contributed by atoms with van der Waals surface area (Å²) in [5, 5.41) is 5.50. The lowest BCUT2D eigenvalue weighted by atomic mass is 9.74. The molecule has 3 aliphatic heterocycles. The number of carbonyl (C=O) groups is 3. The predicted molar refractivity (Wildman–Crippen MR) is 124 cm³/mol. The number of nitrogens with one attached hydrogen (secondary N) is 2. The molecule has 2 N–H and O–H groups in total.